The van der Waals surface area contributed by atoms with Crippen molar-refractivity contribution in [2.75, 3.05) is 11.9 Å². The first-order valence-corrected chi connectivity index (χ1v) is 8.94. The Balaban J connectivity index is 1.60. The highest BCUT2D eigenvalue weighted by Crippen LogP contribution is 2.14. The lowest BCUT2D eigenvalue weighted by Crippen LogP contribution is -2.26. The number of nitrogens with one attached hydrogen (secondary N) is 2. The van der Waals surface area contributed by atoms with Gasteiger partial charge in [0.25, 0.3) is 11.8 Å². The van der Waals surface area contributed by atoms with E-state index in [0.717, 1.165) is 5.56 Å². The lowest BCUT2D eigenvalue weighted by atomic mass is 10.1. The standard InChI is InChI=1S/C21H17ClFN3O2/c22-17-7-5-14(6-8-17)9-10-25-20(27)15-11-16(13-24-12-15)21(28)26-19-4-2-1-3-18(19)23/h1-8,11-13H,9-10H2,(H,25,27)(H,26,28). The fourth-order valence-corrected chi connectivity index (χ4v) is 2.64. The minimum absolute atomic E-state index is 0.0605. The first-order chi connectivity index (χ1) is 13.5. The number of halogens is 2. The molecule has 28 heavy (non-hydrogen) atoms. The number of aromatic nitrogens is 1. The largest absolute Gasteiger partial charge is 0.352 e. The molecule has 0 saturated carbocycles. The highest BCUT2D eigenvalue weighted by atomic mass is 35.5. The van der Waals surface area contributed by atoms with Crippen LogP contribution >= 0.6 is 11.6 Å². The van der Waals surface area contributed by atoms with Crippen molar-refractivity contribution in [1.29, 1.82) is 0 Å². The minimum Gasteiger partial charge on any atom is -0.352 e. The molecule has 0 bridgehead atoms. The molecule has 3 aromatic rings. The van der Waals surface area contributed by atoms with E-state index in [4.69, 9.17) is 11.6 Å². The lowest BCUT2D eigenvalue weighted by molar-refractivity contribution is 0.0953. The predicted molar refractivity (Wildman–Crippen MR) is 106 cm³/mol. The third-order valence-electron chi connectivity index (χ3n) is 4.00. The van der Waals surface area contributed by atoms with E-state index in [2.05, 4.69) is 15.6 Å². The topological polar surface area (TPSA) is 71.1 Å². The summed E-state index contributed by atoms with van der Waals surface area (Å²) in [5.74, 6) is -1.43. The van der Waals surface area contributed by atoms with Gasteiger partial charge in [-0.05, 0) is 42.3 Å². The van der Waals surface area contributed by atoms with Gasteiger partial charge in [0.2, 0.25) is 0 Å². The molecule has 1 heterocycles. The quantitative estimate of drug-likeness (QED) is 0.657. The van der Waals surface area contributed by atoms with Gasteiger partial charge in [-0.2, -0.15) is 0 Å². The highest BCUT2D eigenvalue weighted by molar-refractivity contribution is 6.30. The van der Waals surface area contributed by atoms with E-state index >= 15 is 0 Å². The molecule has 5 nitrogen and oxygen atoms in total. The number of pyridine rings is 1. The summed E-state index contributed by atoms with van der Waals surface area (Å²) in [7, 11) is 0. The second kappa shape index (κ2) is 9.10. The molecule has 2 amide bonds. The van der Waals surface area contributed by atoms with Crippen LogP contribution in [-0.4, -0.2) is 23.3 Å². The zero-order valence-corrected chi connectivity index (χ0v) is 15.5. The number of anilines is 1. The summed E-state index contributed by atoms with van der Waals surface area (Å²) >= 11 is 5.85. The Kier molecular flexibility index (Phi) is 6.34. The average Bonchev–Trinajstić information content (AvgIpc) is 2.71. The number of benzene rings is 2. The van der Waals surface area contributed by atoms with Crippen LogP contribution in [0.5, 0.6) is 0 Å². The Labute approximate surface area is 166 Å². The first-order valence-electron chi connectivity index (χ1n) is 8.56. The molecule has 0 saturated heterocycles. The van der Waals surface area contributed by atoms with Crippen LogP contribution in [0, 0.1) is 5.82 Å². The Morgan fingerprint density at radius 2 is 1.64 bits per heavy atom. The number of nitrogens with zero attached hydrogens (tertiary/aromatic N) is 1. The Morgan fingerprint density at radius 3 is 2.36 bits per heavy atom. The van der Waals surface area contributed by atoms with Crippen molar-refractivity contribution in [3.63, 3.8) is 0 Å². The second-order valence-electron chi connectivity index (χ2n) is 6.03. The smallest absolute Gasteiger partial charge is 0.257 e. The zero-order chi connectivity index (χ0) is 19.9. The van der Waals surface area contributed by atoms with Crippen LogP contribution in [0.15, 0.2) is 67.0 Å². The van der Waals surface area contributed by atoms with Gasteiger partial charge in [-0.15, -0.1) is 0 Å². The van der Waals surface area contributed by atoms with Crippen LogP contribution in [0.25, 0.3) is 0 Å². The van der Waals surface area contributed by atoms with Gasteiger partial charge >= 0.3 is 0 Å². The van der Waals surface area contributed by atoms with Crippen molar-refractivity contribution in [2.24, 2.45) is 0 Å². The molecule has 0 spiro atoms. The van der Waals surface area contributed by atoms with Gasteiger partial charge in [0.05, 0.1) is 16.8 Å². The van der Waals surface area contributed by atoms with E-state index < -0.39 is 11.7 Å². The molecule has 7 heteroatoms. The van der Waals surface area contributed by atoms with Gasteiger partial charge < -0.3 is 10.6 Å². The third kappa shape index (κ3) is 5.14. The molecule has 2 N–H and O–H groups in total. The maximum Gasteiger partial charge on any atom is 0.257 e. The molecular formula is C21H17ClFN3O2. The Hall–Kier alpha value is -3.25. The molecule has 142 valence electrons. The molecule has 0 unspecified atom stereocenters. The number of carbonyl (C=O) groups is 2. The van der Waals surface area contributed by atoms with E-state index in [-0.39, 0.29) is 22.7 Å². The average molecular weight is 398 g/mol. The Morgan fingerprint density at radius 1 is 0.964 bits per heavy atom. The van der Waals surface area contributed by atoms with E-state index in [1.807, 2.05) is 12.1 Å². The normalized spacial score (nSPS) is 10.4. The number of amides is 2. The van der Waals surface area contributed by atoms with E-state index in [0.29, 0.717) is 18.0 Å². The number of rotatable bonds is 6. The summed E-state index contributed by atoms with van der Waals surface area (Å²) in [5, 5.41) is 5.91. The van der Waals surface area contributed by atoms with E-state index in [1.54, 1.807) is 18.2 Å². The number of para-hydroxylation sites is 1. The van der Waals surface area contributed by atoms with Crippen molar-refractivity contribution in [3.8, 4) is 0 Å². The summed E-state index contributed by atoms with van der Waals surface area (Å²) in [5.41, 5.74) is 1.51. The van der Waals surface area contributed by atoms with Crippen LogP contribution in [0.2, 0.25) is 5.02 Å². The van der Waals surface area contributed by atoms with Crippen LogP contribution in [-0.2, 0) is 6.42 Å². The number of hydrogen-bond donors (Lipinski definition) is 2. The summed E-state index contributed by atoms with van der Waals surface area (Å²) in [6.45, 7) is 0.423. The minimum atomic E-state index is -0.548. The molecule has 0 radical (unpaired) electrons. The van der Waals surface area contributed by atoms with Gasteiger partial charge in [0.1, 0.15) is 5.82 Å². The molecule has 2 aromatic carbocycles. The van der Waals surface area contributed by atoms with Crippen molar-refractivity contribution in [2.45, 2.75) is 6.42 Å². The molecule has 1 aromatic heterocycles. The van der Waals surface area contributed by atoms with Crippen LogP contribution < -0.4 is 10.6 Å². The van der Waals surface area contributed by atoms with Crippen LogP contribution in [0.3, 0.4) is 0 Å². The van der Waals surface area contributed by atoms with Crippen LogP contribution in [0.4, 0.5) is 10.1 Å². The molecule has 0 fully saturated rings. The SMILES string of the molecule is O=C(NCCc1ccc(Cl)cc1)c1cncc(C(=O)Nc2ccccc2F)c1. The molecule has 0 aliphatic heterocycles. The number of carbonyl (C=O) groups excluding carboxylic acids is 2. The lowest BCUT2D eigenvalue weighted by Gasteiger charge is -2.08. The summed E-state index contributed by atoms with van der Waals surface area (Å²) in [6.07, 6.45) is 3.34. The van der Waals surface area contributed by atoms with E-state index in [1.165, 1.54) is 36.7 Å². The maximum absolute atomic E-state index is 13.7. The fourth-order valence-electron chi connectivity index (χ4n) is 2.52. The molecule has 0 aliphatic carbocycles. The highest BCUT2D eigenvalue weighted by Gasteiger charge is 2.13. The zero-order valence-electron chi connectivity index (χ0n) is 14.8. The molecule has 3 rings (SSSR count). The molecular weight excluding hydrogens is 381 g/mol. The summed E-state index contributed by atoms with van der Waals surface area (Å²) in [6, 6.07) is 14.6. The van der Waals surface area contributed by atoms with Gasteiger partial charge in [-0.1, -0.05) is 35.9 Å². The van der Waals surface area contributed by atoms with Crippen molar-refractivity contribution in [3.05, 3.63) is 94.5 Å². The maximum atomic E-state index is 13.7. The summed E-state index contributed by atoms with van der Waals surface area (Å²) in [4.78, 5) is 28.6. The molecule has 0 aliphatic rings. The van der Waals surface area contributed by atoms with Gasteiger partial charge in [0, 0.05) is 24.0 Å². The van der Waals surface area contributed by atoms with Crippen molar-refractivity contribution < 1.29 is 14.0 Å². The predicted octanol–water partition coefficient (Wildman–Crippen LogP) is 4.10. The van der Waals surface area contributed by atoms with Crippen LogP contribution in [0.1, 0.15) is 26.3 Å². The van der Waals surface area contributed by atoms with Crippen molar-refractivity contribution in [1.82, 2.24) is 10.3 Å². The van der Waals surface area contributed by atoms with Gasteiger partial charge in [-0.3, -0.25) is 14.6 Å². The third-order valence-corrected chi connectivity index (χ3v) is 4.25. The molecule has 0 atom stereocenters. The summed E-state index contributed by atoms with van der Waals surface area (Å²) < 4.78 is 13.7. The first kappa shape index (κ1) is 19.5. The second-order valence-corrected chi connectivity index (χ2v) is 6.47. The Bertz CT molecular complexity index is 993. The monoisotopic (exact) mass is 397 g/mol. The fraction of sp³-hybridized carbons (Fsp3) is 0.0952. The van der Waals surface area contributed by atoms with Crippen molar-refractivity contribution >= 4 is 29.1 Å². The number of hydrogen-bond acceptors (Lipinski definition) is 3. The van der Waals surface area contributed by atoms with E-state index in [9.17, 15) is 14.0 Å². The van der Waals surface area contributed by atoms with Gasteiger partial charge in [-0.25, -0.2) is 4.39 Å². The van der Waals surface area contributed by atoms with Gasteiger partial charge in [0.15, 0.2) is 0 Å².